The van der Waals surface area contributed by atoms with Gasteiger partial charge in [-0.1, -0.05) is 54.6 Å². The van der Waals surface area contributed by atoms with Crippen molar-refractivity contribution in [1.82, 2.24) is 0 Å². The first-order valence-corrected chi connectivity index (χ1v) is 9.93. The molecule has 0 unspecified atom stereocenters. The zero-order valence-electron chi connectivity index (χ0n) is 16.5. The highest BCUT2D eigenvalue weighted by molar-refractivity contribution is 6.34. The Hall–Kier alpha value is -4.25. The van der Waals surface area contributed by atoms with E-state index in [-0.39, 0.29) is 5.69 Å². The average molecular weight is 405 g/mol. The molecular weight excluding hydrogens is 390 g/mol. The maximum Gasteiger partial charge on any atom is 0.344 e. The molecule has 2 aliphatic carbocycles. The third kappa shape index (κ3) is 2.28. The molecule has 6 rings (SSSR count). The van der Waals surface area contributed by atoms with Gasteiger partial charge < -0.3 is 4.42 Å². The Kier molecular flexibility index (Phi) is 3.48. The second-order valence-corrected chi connectivity index (χ2v) is 7.74. The smallest absolute Gasteiger partial charge is 0.344 e. The molecule has 0 saturated heterocycles. The summed E-state index contributed by atoms with van der Waals surface area (Å²) < 4.78 is 5.64. The summed E-state index contributed by atoms with van der Waals surface area (Å²) in [4.78, 5) is 24.1. The fraction of sp³-hybridized carbons (Fsp3) is 0.0385. The minimum Gasteiger partial charge on any atom is -0.422 e. The third-order valence-corrected chi connectivity index (χ3v) is 6.13. The monoisotopic (exact) mass is 405 g/mol. The molecule has 0 saturated carbocycles. The van der Waals surface area contributed by atoms with E-state index < -0.39 is 10.5 Å². The highest BCUT2D eigenvalue weighted by Gasteiger charge is 2.38. The predicted molar refractivity (Wildman–Crippen MR) is 120 cm³/mol. The number of allylic oxidation sites excluding steroid dienone is 3. The van der Waals surface area contributed by atoms with E-state index in [1.54, 1.807) is 0 Å². The van der Waals surface area contributed by atoms with Gasteiger partial charge in [-0.3, -0.25) is 10.1 Å². The third-order valence-electron chi connectivity index (χ3n) is 6.13. The van der Waals surface area contributed by atoms with Crippen molar-refractivity contribution in [3.63, 3.8) is 0 Å². The number of rotatable bonds is 2. The SMILES string of the molecule is CC1=C2C(=C(c3ccccc3)c3ccccc32)c2c1c1cc([N+](=O)[O-])ccc1oc2=O. The van der Waals surface area contributed by atoms with E-state index in [9.17, 15) is 14.9 Å². The molecule has 31 heavy (non-hydrogen) atoms. The molecule has 0 amide bonds. The molecule has 3 aromatic carbocycles. The lowest BCUT2D eigenvalue weighted by Crippen LogP contribution is -2.08. The lowest BCUT2D eigenvalue weighted by molar-refractivity contribution is -0.384. The normalized spacial score (nSPS) is 14.1. The summed E-state index contributed by atoms with van der Waals surface area (Å²) in [7, 11) is 0. The number of hydrogen-bond donors (Lipinski definition) is 0. The van der Waals surface area contributed by atoms with Crippen LogP contribution >= 0.6 is 0 Å². The number of nitrogens with zero attached hydrogens (tertiary/aromatic N) is 1. The first kappa shape index (κ1) is 17.6. The van der Waals surface area contributed by atoms with E-state index in [1.807, 2.05) is 49.4 Å². The first-order chi connectivity index (χ1) is 15.1. The lowest BCUT2D eigenvalue weighted by Gasteiger charge is -2.10. The summed E-state index contributed by atoms with van der Waals surface area (Å²) in [5, 5.41) is 12.0. The van der Waals surface area contributed by atoms with Gasteiger partial charge in [-0.15, -0.1) is 0 Å². The molecular formula is C26H15NO4. The maximum atomic E-state index is 13.2. The van der Waals surface area contributed by atoms with E-state index in [4.69, 9.17) is 4.42 Å². The molecule has 5 heteroatoms. The van der Waals surface area contributed by atoms with Gasteiger partial charge in [-0.25, -0.2) is 4.79 Å². The van der Waals surface area contributed by atoms with E-state index in [1.165, 1.54) is 18.2 Å². The standard InChI is InChI=1S/C26H15NO4/c1-14-21-17-9-5-6-10-18(17)23(15-7-3-2-4-8-15)24(21)25-22(14)19-13-16(27(29)30)11-12-20(19)31-26(25)28/h2-13H,1H3. The van der Waals surface area contributed by atoms with Crippen LogP contribution in [-0.2, 0) is 0 Å². The van der Waals surface area contributed by atoms with Crippen molar-refractivity contribution in [3.05, 3.63) is 121 Å². The molecule has 0 atom stereocenters. The fourth-order valence-corrected chi connectivity index (χ4v) is 4.90. The van der Waals surface area contributed by atoms with Crippen LogP contribution in [0.1, 0.15) is 34.7 Å². The molecule has 0 N–H and O–H groups in total. The van der Waals surface area contributed by atoms with Gasteiger partial charge in [-0.2, -0.15) is 0 Å². The van der Waals surface area contributed by atoms with Gasteiger partial charge in [0.15, 0.2) is 0 Å². The van der Waals surface area contributed by atoms with Crippen molar-refractivity contribution in [3.8, 4) is 0 Å². The van der Waals surface area contributed by atoms with Crippen molar-refractivity contribution in [2.24, 2.45) is 0 Å². The molecule has 1 aromatic heterocycles. The second-order valence-electron chi connectivity index (χ2n) is 7.74. The minimum atomic E-state index is -0.431. The Labute approximate surface area is 176 Å². The van der Waals surface area contributed by atoms with Crippen LogP contribution in [0.2, 0.25) is 0 Å². The predicted octanol–water partition coefficient (Wildman–Crippen LogP) is 5.92. The van der Waals surface area contributed by atoms with Gasteiger partial charge in [0, 0.05) is 28.7 Å². The van der Waals surface area contributed by atoms with Gasteiger partial charge in [0.25, 0.3) is 5.69 Å². The van der Waals surface area contributed by atoms with Gasteiger partial charge >= 0.3 is 5.63 Å². The topological polar surface area (TPSA) is 73.3 Å². The van der Waals surface area contributed by atoms with Crippen molar-refractivity contribution < 1.29 is 9.34 Å². The second kappa shape index (κ2) is 6.12. The fourth-order valence-electron chi connectivity index (χ4n) is 4.90. The van der Waals surface area contributed by atoms with Crippen LogP contribution < -0.4 is 5.63 Å². The van der Waals surface area contributed by atoms with Crippen molar-refractivity contribution >= 4 is 38.9 Å². The molecule has 0 fully saturated rings. The van der Waals surface area contributed by atoms with Crippen LogP contribution in [0.25, 0.3) is 33.3 Å². The number of nitro groups is 1. The van der Waals surface area contributed by atoms with Gasteiger partial charge in [0.2, 0.25) is 0 Å². The van der Waals surface area contributed by atoms with Crippen molar-refractivity contribution in [1.29, 1.82) is 0 Å². The van der Waals surface area contributed by atoms with E-state index in [2.05, 4.69) is 12.1 Å². The molecule has 2 aliphatic rings. The zero-order chi connectivity index (χ0) is 21.3. The minimum absolute atomic E-state index is 0.0314. The van der Waals surface area contributed by atoms with Gasteiger partial charge in [-0.05, 0) is 46.4 Å². The molecule has 5 nitrogen and oxygen atoms in total. The van der Waals surface area contributed by atoms with Crippen LogP contribution in [0.3, 0.4) is 0 Å². The first-order valence-electron chi connectivity index (χ1n) is 9.93. The molecule has 0 aliphatic heterocycles. The van der Waals surface area contributed by atoms with Crippen molar-refractivity contribution in [2.75, 3.05) is 0 Å². The molecule has 0 bridgehead atoms. The largest absolute Gasteiger partial charge is 0.422 e. The summed E-state index contributed by atoms with van der Waals surface area (Å²) in [6, 6.07) is 22.4. The molecule has 148 valence electrons. The van der Waals surface area contributed by atoms with E-state index in [0.717, 1.165) is 44.5 Å². The maximum absolute atomic E-state index is 13.2. The highest BCUT2D eigenvalue weighted by Crippen LogP contribution is 2.57. The molecule has 4 aromatic rings. The number of fused-ring (bicyclic) bond motifs is 7. The van der Waals surface area contributed by atoms with E-state index in [0.29, 0.717) is 16.5 Å². The van der Waals surface area contributed by atoms with Gasteiger partial charge in [0.1, 0.15) is 5.58 Å². The summed E-state index contributed by atoms with van der Waals surface area (Å²) in [6.45, 7) is 1.98. The lowest BCUT2D eigenvalue weighted by atomic mass is 9.93. The summed E-state index contributed by atoms with van der Waals surface area (Å²) in [5.74, 6) is 0. The van der Waals surface area contributed by atoms with Crippen LogP contribution in [0.5, 0.6) is 0 Å². The Morgan fingerprint density at radius 1 is 0.806 bits per heavy atom. The Balaban J connectivity index is 1.80. The van der Waals surface area contributed by atoms with E-state index >= 15 is 0 Å². The Morgan fingerprint density at radius 3 is 2.19 bits per heavy atom. The van der Waals surface area contributed by atoms with Crippen LogP contribution in [-0.4, -0.2) is 4.92 Å². The zero-order valence-corrected chi connectivity index (χ0v) is 16.5. The number of hydrogen-bond acceptors (Lipinski definition) is 4. The van der Waals surface area contributed by atoms with Crippen LogP contribution in [0, 0.1) is 10.1 Å². The number of nitro benzene ring substituents is 1. The van der Waals surface area contributed by atoms with Gasteiger partial charge in [0.05, 0.1) is 10.5 Å². The van der Waals surface area contributed by atoms with Crippen LogP contribution in [0.4, 0.5) is 5.69 Å². The summed E-state index contributed by atoms with van der Waals surface area (Å²) >= 11 is 0. The average Bonchev–Trinajstić information content (AvgIpc) is 3.27. The van der Waals surface area contributed by atoms with Crippen molar-refractivity contribution in [2.45, 2.75) is 6.92 Å². The number of benzene rings is 3. The molecule has 1 heterocycles. The quantitative estimate of drug-likeness (QED) is 0.236. The molecule has 0 spiro atoms. The highest BCUT2D eigenvalue weighted by atomic mass is 16.6. The summed E-state index contributed by atoms with van der Waals surface area (Å²) in [6.07, 6.45) is 0. The Bertz CT molecular complexity index is 1570. The molecule has 0 radical (unpaired) electrons. The Morgan fingerprint density at radius 2 is 1.48 bits per heavy atom. The van der Waals surface area contributed by atoms with Crippen LogP contribution in [0.15, 0.2) is 82.0 Å². The summed E-state index contributed by atoms with van der Waals surface area (Å²) in [5.41, 5.74) is 8.01. The number of non-ortho nitro benzene ring substituents is 1.